The highest BCUT2D eigenvalue weighted by Gasteiger charge is 2.23. The van der Waals surface area contributed by atoms with Gasteiger partial charge < -0.3 is 9.47 Å². The molecule has 0 spiro atoms. The summed E-state index contributed by atoms with van der Waals surface area (Å²) in [5.41, 5.74) is 1.70. The van der Waals surface area contributed by atoms with Gasteiger partial charge in [-0.05, 0) is 29.8 Å². The number of hydrogen-bond donors (Lipinski definition) is 0. The molecule has 5 nitrogen and oxygen atoms in total. The van der Waals surface area contributed by atoms with Crippen molar-refractivity contribution in [3.63, 3.8) is 0 Å². The Morgan fingerprint density at radius 1 is 1.00 bits per heavy atom. The average molecular weight is 459 g/mol. The van der Waals surface area contributed by atoms with Crippen LogP contribution in [-0.2, 0) is 17.8 Å². The number of thiophene rings is 1. The molecular formula is C22H19ClN2O3S2. The molecule has 0 aliphatic heterocycles. The molecule has 2 heterocycles. The Hall–Kier alpha value is -2.61. The van der Waals surface area contributed by atoms with E-state index in [1.54, 1.807) is 19.1 Å². The fourth-order valence-corrected chi connectivity index (χ4v) is 5.28. The van der Waals surface area contributed by atoms with Gasteiger partial charge in [0.15, 0.2) is 5.13 Å². The summed E-state index contributed by atoms with van der Waals surface area (Å²) >= 11 is 8.87. The lowest BCUT2D eigenvalue weighted by Gasteiger charge is -2.19. The Balaban J connectivity index is 1.75. The predicted molar refractivity (Wildman–Crippen MR) is 123 cm³/mol. The highest BCUT2D eigenvalue weighted by molar-refractivity contribution is 7.22. The minimum atomic E-state index is -0.0469. The lowest BCUT2D eigenvalue weighted by molar-refractivity contribution is -0.118. The Labute approximate surface area is 187 Å². The number of rotatable bonds is 7. The molecule has 30 heavy (non-hydrogen) atoms. The van der Waals surface area contributed by atoms with E-state index in [-0.39, 0.29) is 12.3 Å². The molecule has 0 atom stereocenters. The highest BCUT2D eigenvalue weighted by Crippen LogP contribution is 2.40. The second-order valence-corrected chi connectivity index (χ2v) is 9.27. The van der Waals surface area contributed by atoms with E-state index in [1.807, 2.05) is 54.6 Å². The molecule has 0 unspecified atom stereocenters. The third kappa shape index (κ3) is 4.28. The first-order chi connectivity index (χ1) is 14.6. The van der Waals surface area contributed by atoms with Crippen LogP contribution >= 0.6 is 34.3 Å². The van der Waals surface area contributed by atoms with Crippen molar-refractivity contribution < 1.29 is 14.3 Å². The van der Waals surface area contributed by atoms with Gasteiger partial charge in [-0.1, -0.05) is 53.3 Å². The number of anilines is 1. The van der Waals surface area contributed by atoms with Gasteiger partial charge in [-0.25, -0.2) is 4.98 Å². The zero-order valence-electron chi connectivity index (χ0n) is 16.4. The number of methoxy groups -OCH3 is 2. The van der Waals surface area contributed by atoms with Crippen LogP contribution in [0, 0.1) is 0 Å². The lowest BCUT2D eigenvalue weighted by atomic mass is 10.2. The molecule has 4 rings (SSSR count). The van der Waals surface area contributed by atoms with Crippen LogP contribution in [0.2, 0.25) is 4.34 Å². The van der Waals surface area contributed by atoms with E-state index in [9.17, 15) is 4.79 Å². The first kappa shape index (κ1) is 20.7. The van der Waals surface area contributed by atoms with Crippen molar-refractivity contribution in [3.05, 3.63) is 69.4 Å². The minimum Gasteiger partial charge on any atom is -0.495 e. The number of carbonyl (C=O) groups is 1. The third-order valence-corrected chi connectivity index (χ3v) is 6.89. The number of ether oxygens (including phenoxy) is 2. The molecule has 2 aromatic carbocycles. The van der Waals surface area contributed by atoms with Crippen LogP contribution in [0.1, 0.15) is 10.4 Å². The zero-order chi connectivity index (χ0) is 21.1. The van der Waals surface area contributed by atoms with E-state index in [2.05, 4.69) is 0 Å². The van der Waals surface area contributed by atoms with Crippen molar-refractivity contribution in [3.8, 4) is 11.5 Å². The number of thiazole rings is 1. The summed E-state index contributed by atoms with van der Waals surface area (Å²) in [5, 5.41) is 0.601. The molecule has 2 aromatic heterocycles. The first-order valence-electron chi connectivity index (χ1n) is 9.19. The van der Waals surface area contributed by atoms with Crippen LogP contribution in [0.5, 0.6) is 11.5 Å². The summed E-state index contributed by atoms with van der Waals surface area (Å²) in [6.07, 6.45) is 0.258. The first-order valence-corrected chi connectivity index (χ1v) is 11.2. The second kappa shape index (κ2) is 9.04. The van der Waals surface area contributed by atoms with Gasteiger partial charge in [0.2, 0.25) is 5.91 Å². The molecule has 0 fully saturated rings. The maximum atomic E-state index is 13.3. The molecule has 0 saturated carbocycles. The number of aromatic nitrogens is 1. The van der Waals surface area contributed by atoms with Crippen LogP contribution < -0.4 is 14.4 Å². The maximum Gasteiger partial charge on any atom is 0.234 e. The van der Waals surface area contributed by atoms with Crippen molar-refractivity contribution >= 4 is 55.5 Å². The predicted octanol–water partition coefficient (Wildman–Crippen LogP) is 5.80. The number of amides is 1. The van der Waals surface area contributed by atoms with Crippen molar-refractivity contribution in [2.24, 2.45) is 0 Å². The molecule has 0 aliphatic carbocycles. The number of benzene rings is 2. The number of hydrogen-bond acceptors (Lipinski definition) is 6. The van der Waals surface area contributed by atoms with Crippen molar-refractivity contribution in [2.45, 2.75) is 13.0 Å². The SMILES string of the molecule is COc1ccc(OC)c2sc(N(Cc3ccccc3)C(=O)Cc3ccc(Cl)s3)nc12. The standard InChI is InChI=1S/C22H19ClN2O3S2/c1-27-16-9-10-17(28-2)21-20(16)24-22(30-21)25(13-14-6-4-3-5-7-14)19(26)12-15-8-11-18(23)29-15/h3-11H,12-13H2,1-2H3. The van der Waals surface area contributed by atoms with E-state index in [0.717, 1.165) is 15.1 Å². The third-order valence-electron chi connectivity index (χ3n) is 4.57. The topological polar surface area (TPSA) is 51.7 Å². The van der Waals surface area contributed by atoms with Crippen LogP contribution in [0.15, 0.2) is 54.6 Å². The van der Waals surface area contributed by atoms with E-state index in [4.69, 9.17) is 26.1 Å². The Morgan fingerprint density at radius 2 is 1.73 bits per heavy atom. The zero-order valence-corrected chi connectivity index (χ0v) is 18.8. The summed E-state index contributed by atoms with van der Waals surface area (Å²) in [6, 6.07) is 17.2. The van der Waals surface area contributed by atoms with Gasteiger partial charge in [-0.15, -0.1) is 11.3 Å². The second-order valence-electron chi connectivity index (χ2n) is 6.49. The van der Waals surface area contributed by atoms with Crippen LogP contribution in [0.25, 0.3) is 10.2 Å². The molecule has 4 aromatic rings. The van der Waals surface area contributed by atoms with E-state index >= 15 is 0 Å². The molecule has 0 N–H and O–H groups in total. The Kier molecular flexibility index (Phi) is 6.22. The molecular weight excluding hydrogens is 440 g/mol. The lowest BCUT2D eigenvalue weighted by Crippen LogP contribution is -2.31. The molecule has 0 saturated heterocycles. The Morgan fingerprint density at radius 3 is 2.40 bits per heavy atom. The molecule has 1 amide bonds. The smallest absolute Gasteiger partial charge is 0.234 e. The summed E-state index contributed by atoms with van der Waals surface area (Å²) in [7, 11) is 3.22. The Bertz CT molecular complexity index is 1130. The monoisotopic (exact) mass is 458 g/mol. The summed E-state index contributed by atoms with van der Waals surface area (Å²) in [5.74, 6) is 1.30. The quantitative estimate of drug-likeness (QED) is 0.351. The minimum absolute atomic E-state index is 0.0469. The van der Waals surface area contributed by atoms with Gasteiger partial charge in [0.25, 0.3) is 0 Å². The fraction of sp³-hybridized carbons (Fsp3) is 0.182. The van der Waals surface area contributed by atoms with Crippen molar-refractivity contribution in [1.82, 2.24) is 4.98 Å². The summed E-state index contributed by atoms with van der Waals surface area (Å²) < 4.78 is 12.5. The number of nitrogens with zero attached hydrogens (tertiary/aromatic N) is 2. The van der Waals surface area contributed by atoms with Gasteiger partial charge in [0.05, 0.1) is 31.5 Å². The molecule has 0 radical (unpaired) electrons. The molecule has 154 valence electrons. The number of fused-ring (bicyclic) bond motifs is 1. The van der Waals surface area contributed by atoms with Gasteiger partial charge in [-0.2, -0.15) is 0 Å². The summed E-state index contributed by atoms with van der Waals surface area (Å²) in [6.45, 7) is 0.420. The van der Waals surface area contributed by atoms with Gasteiger partial charge in [0.1, 0.15) is 21.7 Å². The summed E-state index contributed by atoms with van der Waals surface area (Å²) in [4.78, 5) is 20.7. The molecule has 0 aliphatic rings. The van der Waals surface area contributed by atoms with E-state index in [1.165, 1.54) is 22.7 Å². The van der Waals surface area contributed by atoms with Gasteiger partial charge in [-0.3, -0.25) is 9.69 Å². The van der Waals surface area contributed by atoms with Crippen LogP contribution in [0.4, 0.5) is 5.13 Å². The van der Waals surface area contributed by atoms with Crippen molar-refractivity contribution in [1.29, 1.82) is 0 Å². The number of halogens is 1. The van der Waals surface area contributed by atoms with Crippen LogP contribution in [-0.4, -0.2) is 25.1 Å². The van der Waals surface area contributed by atoms with E-state index < -0.39 is 0 Å². The molecule has 0 bridgehead atoms. The van der Waals surface area contributed by atoms with E-state index in [0.29, 0.717) is 33.0 Å². The molecule has 8 heteroatoms. The largest absolute Gasteiger partial charge is 0.495 e. The normalized spacial score (nSPS) is 10.9. The fourth-order valence-electron chi connectivity index (χ4n) is 3.11. The van der Waals surface area contributed by atoms with Crippen LogP contribution in [0.3, 0.4) is 0 Å². The van der Waals surface area contributed by atoms with Gasteiger partial charge >= 0.3 is 0 Å². The number of carbonyl (C=O) groups excluding carboxylic acids is 1. The highest BCUT2D eigenvalue weighted by atomic mass is 35.5. The average Bonchev–Trinajstić information content (AvgIpc) is 3.38. The van der Waals surface area contributed by atoms with Gasteiger partial charge in [0, 0.05) is 4.88 Å². The maximum absolute atomic E-state index is 13.3. The van der Waals surface area contributed by atoms with Crippen molar-refractivity contribution in [2.75, 3.05) is 19.1 Å².